The maximum atomic E-state index is 6.06. The van der Waals surface area contributed by atoms with E-state index in [1.165, 1.54) is 11.1 Å². The molecule has 1 heterocycles. The normalized spacial score (nSPS) is 11.5. The Kier molecular flexibility index (Phi) is 2.99. The Morgan fingerprint density at radius 2 is 1.65 bits per heavy atom. The third-order valence-corrected chi connectivity index (χ3v) is 2.84. The summed E-state index contributed by atoms with van der Waals surface area (Å²) in [5.74, 6) is 0. The molecule has 0 bridgehead atoms. The van der Waals surface area contributed by atoms with Crippen molar-refractivity contribution < 1.29 is 0 Å². The minimum Gasteiger partial charge on any atom is -0.322 e. The van der Waals surface area contributed by atoms with Gasteiger partial charge in [-0.25, -0.2) is 0 Å². The van der Waals surface area contributed by atoms with Gasteiger partial charge in [-0.15, -0.1) is 0 Å². The maximum Gasteiger partial charge on any atom is 0.0352 e. The van der Waals surface area contributed by atoms with E-state index in [0.29, 0.717) is 0 Å². The van der Waals surface area contributed by atoms with Gasteiger partial charge in [-0.1, -0.05) is 24.3 Å². The van der Waals surface area contributed by atoms with Crippen LogP contribution in [0.25, 0.3) is 11.1 Å². The van der Waals surface area contributed by atoms with E-state index in [4.69, 9.17) is 5.73 Å². The number of nitrogens with zero attached hydrogens (tertiary/aromatic N) is 1. The molecule has 0 radical (unpaired) electrons. The smallest absolute Gasteiger partial charge is 0.0352 e. The lowest BCUT2D eigenvalue weighted by Gasteiger charge is -2.19. The highest BCUT2D eigenvalue weighted by Gasteiger charge is 2.13. The highest BCUT2D eigenvalue weighted by Crippen LogP contribution is 2.23. The summed E-state index contributed by atoms with van der Waals surface area (Å²) in [6.45, 7) is 6.07. The third-order valence-electron chi connectivity index (χ3n) is 2.84. The summed E-state index contributed by atoms with van der Waals surface area (Å²) >= 11 is 0. The first kappa shape index (κ1) is 11.8. The van der Waals surface area contributed by atoms with E-state index in [2.05, 4.69) is 35.3 Å². The molecular weight excluding hydrogens is 208 g/mol. The summed E-state index contributed by atoms with van der Waals surface area (Å²) in [5, 5.41) is 0. The second-order valence-corrected chi connectivity index (χ2v) is 5.05. The van der Waals surface area contributed by atoms with Crippen LogP contribution in [0, 0.1) is 6.92 Å². The number of nitrogens with two attached hydrogens (primary N) is 1. The van der Waals surface area contributed by atoms with Crippen molar-refractivity contribution in [3.05, 3.63) is 53.9 Å². The molecule has 0 aliphatic rings. The third kappa shape index (κ3) is 2.71. The van der Waals surface area contributed by atoms with Crippen molar-refractivity contribution in [1.29, 1.82) is 0 Å². The van der Waals surface area contributed by atoms with E-state index >= 15 is 0 Å². The van der Waals surface area contributed by atoms with Crippen molar-refractivity contribution in [2.24, 2.45) is 5.73 Å². The lowest BCUT2D eigenvalue weighted by Crippen LogP contribution is -2.28. The zero-order chi connectivity index (χ0) is 12.5. The van der Waals surface area contributed by atoms with Gasteiger partial charge < -0.3 is 5.73 Å². The second-order valence-electron chi connectivity index (χ2n) is 5.05. The summed E-state index contributed by atoms with van der Waals surface area (Å²) in [6.07, 6.45) is 3.75. The number of pyridine rings is 1. The van der Waals surface area contributed by atoms with E-state index in [-0.39, 0.29) is 5.54 Å². The molecule has 0 saturated heterocycles. The lowest BCUT2D eigenvalue weighted by molar-refractivity contribution is 0.554. The van der Waals surface area contributed by atoms with Crippen LogP contribution in [-0.4, -0.2) is 4.98 Å². The number of aryl methyl sites for hydroxylation is 1. The molecule has 2 rings (SSSR count). The molecule has 0 saturated carbocycles. The molecule has 0 aliphatic carbocycles. The van der Waals surface area contributed by atoms with E-state index in [1.807, 2.05) is 33.2 Å². The van der Waals surface area contributed by atoms with Gasteiger partial charge in [0.25, 0.3) is 0 Å². The van der Waals surface area contributed by atoms with Crippen LogP contribution in [0.1, 0.15) is 25.0 Å². The predicted molar refractivity (Wildman–Crippen MR) is 71.6 cm³/mol. The largest absolute Gasteiger partial charge is 0.322 e. The molecule has 0 unspecified atom stereocenters. The van der Waals surface area contributed by atoms with Gasteiger partial charge in [0.2, 0.25) is 0 Å². The molecule has 88 valence electrons. The first-order valence-electron chi connectivity index (χ1n) is 5.78. The van der Waals surface area contributed by atoms with Crippen molar-refractivity contribution in [3.8, 4) is 11.1 Å². The average molecular weight is 226 g/mol. The molecule has 0 fully saturated rings. The number of hydrogen-bond acceptors (Lipinski definition) is 2. The maximum absolute atomic E-state index is 6.06. The molecule has 17 heavy (non-hydrogen) atoms. The highest BCUT2D eigenvalue weighted by atomic mass is 14.7. The van der Waals surface area contributed by atoms with Crippen molar-refractivity contribution in [3.63, 3.8) is 0 Å². The molecule has 0 aliphatic heterocycles. The van der Waals surface area contributed by atoms with Crippen LogP contribution >= 0.6 is 0 Å². The first-order chi connectivity index (χ1) is 7.97. The number of hydrogen-bond donors (Lipinski definition) is 1. The monoisotopic (exact) mass is 226 g/mol. The minimum atomic E-state index is -0.288. The van der Waals surface area contributed by atoms with Crippen molar-refractivity contribution >= 4 is 0 Å². The van der Waals surface area contributed by atoms with Crippen molar-refractivity contribution in [2.45, 2.75) is 26.3 Å². The molecular formula is C15H18N2. The standard InChI is InChI=1S/C15H18N2/c1-11-8-13(10-17-9-11)12-4-6-14(7-5-12)15(2,3)16/h4-10H,16H2,1-3H3. The van der Waals surface area contributed by atoms with E-state index in [9.17, 15) is 0 Å². The zero-order valence-electron chi connectivity index (χ0n) is 10.6. The number of benzene rings is 1. The molecule has 0 spiro atoms. The van der Waals surface area contributed by atoms with Gasteiger partial charge in [-0.05, 0) is 43.5 Å². The summed E-state index contributed by atoms with van der Waals surface area (Å²) in [5.41, 5.74) is 10.4. The SMILES string of the molecule is Cc1cncc(-c2ccc(C(C)(C)N)cc2)c1. The molecule has 1 aromatic carbocycles. The molecule has 1 aromatic heterocycles. The van der Waals surface area contributed by atoms with Crippen LogP contribution in [0.3, 0.4) is 0 Å². The van der Waals surface area contributed by atoms with E-state index in [0.717, 1.165) is 11.1 Å². The van der Waals surface area contributed by atoms with Crippen LogP contribution in [0.15, 0.2) is 42.7 Å². The van der Waals surface area contributed by atoms with Gasteiger partial charge in [0.1, 0.15) is 0 Å². The Balaban J connectivity index is 2.36. The van der Waals surface area contributed by atoms with Gasteiger partial charge in [0.05, 0.1) is 0 Å². The summed E-state index contributed by atoms with van der Waals surface area (Å²) in [4.78, 5) is 4.21. The molecule has 2 aromatic rings. The minimum absolute atomic E-state index is 0.288. The van der Waals surface area contributed by atoms with Crippen LogP contribution in [0.2, 0.25) is 0 Å². The molecule has 0 amide bonds. The van der Waals surface area contributed by atoms with Crippen LogP contribution in [0.4, 0.5) is 0 Å². The van der Waals surface area contributed by atoms with E-state index in [1.54, 1.807) is 0 Å². The zero-order valence-corrected chi connectivity index (χ0v) is 10.6. The van der Waals surface area contributed by atoms with Gasteiger partial charge in [0, 0.05) is 23.5 Å². The number of aromatic nitrogens is 1. The Morgan fingerprint density at radius 3 is 2.18 bits per heavy atom. The second kappa shape index (κ2) is 4.30. The van der Waals surface area contributed by atoms with Gasteiger partial charge in [-0.3, -0.25) is 4.98 Å². The fraction of sp³-hybridized carbons (Fsp3) is 0.267. The quantitative estimate of drug-likeness (QED) is 0.853. The molecule has 0 atom stereocenters. The highest BCUT2D eigenvalue weighted by molar-refractivity contribution is 5.63. The fourth-order valence-electron chi connectivity index (χ4n) is 1.81. The molecule has 2 N–H and O–H groups in total. The fourth-order valence-corrected chi connectivity index (χ4v) is 1.81. The van der Waals surface area contributed by atoms with Gasteiger partial charge in [0.15, 0.2) is 0 Å². The summed E-state index contributed by atoms with van der Waals surface area (Å²) < 4.78 is 0. The average Bonchev–Trinajstić information content (AvgIpc) is 2.28. The Labute approximate surface area is 103 Å². The predicted octanol–water partition coefficient (Wildman–Crippen LogP) is 3.25. The van der Waals surface area contributed by atoms with Crippen LogP contribution < -0.4 is 5.73 Å². The van der Waals surface area contributed by atoms with Crippen LogP contribution in [0.5, 0.6) is 0 Å². The lowest BCUT2D eigenvalue weighted by atomic mass is 9.94. The van der Waals surface area contributed by atoms with Crippen LogP contribution in [-0.2, 0) is 5.54 Å². The Bertz CT molecular complexity index is 507. The molecule has 2 nitrogen and oxygen atoms in total. The van der Waals surface area contributed by atoms with Crippen molar-refractivity contribution in [2.75, 3.05) is 0 Å². The summed E-state index contributed by atoms with van der Waals surface area (Å²) in [7, 11) is 0. The number of rotatable bonds is 2. The Morgan fingerprint density at radius 1 is 1.00 bits per heavy atom. The van der Waals surface area contributed by atoms with E-state index < -0.39 is 0 Å². The van der Waals surface area contributed by atoms with Gasteiger partial charge in [-0.2, -0.15) is 0 Å². The molecule has 2 heteroatoms. The van der Waals surface area contributed by atoms with Gasteiger partial charge >= 0.3 is 0 Å². The Hall–Kier alpha value is -1.67. The topological polar surface area (TPSA) is 38.9 Å². The summed E-state index contributed by atoms with van der Waals surface area (Å²) in [6, 6.07) is 10.5. The first-order valence-corrected chi connectivity index (χ1v) is 5.78. The van der Waals surface area contributed by atoms with Crippen molar-refractivity contribution in [1.82, 2.24) is 4.98 Å².